The number of halogens is 1. The van der Waals surface area contributed by atoms with Crippen molar-refractivity contribution >= 4 is 35.0 Å². The Morgan fingerprint density at radius 1 is 1.14 bits per heavy atom. The molecule has 3 N–H and O–H groups in total. The van der Waals surface area contributed by atoms with Gasteiger partial charge in [-0.3, -0.25) is 14.4 Å². The van der Waals surface area contributed by atoms with E-state index in [1.54, 1.807) is 0 Å². The molecule has 0 unspecified atom stereocenters. The molecule has 0 fully saturated rings. The number of anilines is 1. The minimum Gasteiger partial charge on any atom is -0.483 e. The third-order valence-corrected chi connectivity index (χ3v) is 4.27. The second-order valence-corrected chi connectivity index (χ2v) is 6.85. The van der Waals surface area contributed by atoms with Crippen LogP contribution in [-0.2, 0) is 9.59 Å². The van der Waals surface area contributed by atoms with Crippen LogP contribution >= 0.6 is 11.6 Å². The zero-order chi connectivity index (χ0) is 20.8. The van der Waals surface area contributed by atoms with Gasteiger partial charge in [-0.2, -0.15) is 0 Å². The van der Waals surface area contributed by atoms with Crippen LogP contribution in [0.15, 0.2) is 36.4 Å². The van der Waals surface area contributed by atoms with E-state index in [1.807, 2.05) is 32.0 Å². The van der Waals surface area contributed by atoms with E-state index < -0.39 is 11.8 Å². The average Bonchev–Trinajstić information content (AvgIpc) is 2.63. The van der Waals surface area contributed by atoms with Crippen LogP contribution in [0.1, 0.15) is 21.5 Å². The summed E-state index contributed by atoms with van der Waals surface area (Å²) in [4.78, 5) is 37.2. The molecule has 148 valence electrons. The molecule has 0 saturated carbocycles. The van der Waals surface area contributed by atoms with E-state index in [2.05, 4.69) is 5.32 Å². The number of amides is 3. The first-order valence-corrected chi connectivity index (χ1v) is 8.88. The molecule has 0 heterocycles. The van der Waals surface area contributed by atoms with E-state index in [9.17, 15) is 14.4 Å². The molecule has 2 rings (SSSR count). The van der Waals surface area contributed by atoms with Gasteiger partial charge < -0.3 is 20.7 Å². The number of aryl methyl sites for hydroxylation is 2. The van der Waals surface area contributed by atoms with Crippen molar-refractivity contribution in [2.24, 2.45) is 5.73 Å². The Hall–Kier alpha value is -3.06. The summed E-state index contributed by atoms with van der Waals surface area (Å²) in [7, 11) is 1.49. The first-order chi connectivity index (χ1) is 13.2. The fourth-order valence-corrected chi connectivity index (χ4v) is 2.61. The first kappa shape index (κ1) is 21.2. The van der Waals surface area contributed by atoms with Crippen molar-refractivity contribution in [2.45, 2.75) is 13.8 Å². The lowest BCUT2D eigenvalue weighted by atomic mass is 10.1. The van der Waals surface area contributed by atoms with Crippen molar-refractivity contribution in [1.82, 2.24) is 4.90 Å². The van der Waals surface area contributed by atoms with E-state index in [0.717, 1.165) is 11.1 Å². The van der Waals surface area contributed by atoms with Crippen LogP contribution in [0.2, 0.25) is 5.02 Å². The normalized spacial score (nSPS) is 10.3. The summed E-state index contributed by atoms with van der Waals surface area (Å²) in [6.07, 6.45) is 0. The molecule has 0 spiro atoms. The second kappa shape index (κ2) is 9.23. The largest absolute Gasteiger partial charge is 0.483 e. The minimum atomic E-state index is -0.716. The lowest BCUT2D eigenvalue weighted by molar-refractivity contribution is -0.135. The summed E-state index contributed by atoms with van der Waals surface area (Å²) in [5.41, 5.74) is 8.02. The molecule has 7 nitrogen and oxygen atoms in total. The van der Waals surface area contributed by atoms with Crippen molar-refractivity contribution in [3.05, 3.63) is 58.1 Å². The molecule has 0 aliphatic heterocycles. The van der Waals surface area contributed by atoms with Crippen LogP contribution in [0.3, 0.4) is 0 Å². The highest BCUT2D eigenvalue weighted by Gasteiger charge is 2.16. The smallest absolute Gasteiger partial charge is 0.260 e. The maximum atomic E-state index is 12.3. The number of carbonyl (C=O) groups is 3. The van der Waals surface area contributed by atoms with Crippen molar-refractivity contribution in [2.75, 3.05) is 25.5 Å². The van der Waals surface area contributed by atoms with Crippen LogP contribution < -0.4 is 15.8 Å². The number of primary amides is 1. The molecular weight excluding hydrogens is 382 g/mol. The lowest BCUT2D eigenvalue weighted by Gasteiger charge is -2.18. The molecular formula is C20H22ClN3O4. The maximum absolute atomic E-state index is 12.3. The first-order valence-electron chi connectivity index (χ1n) is 8.50. The average molecular weight is 404 g/mol. The summed E-state index contributed by atoms with van der Waals surface area (Å²) < 4.78 is 5.39. The summed E-state index contributed by atoms with van der Waals surface area (Å²) in [6, 6.07) is 10.1. The lowest BCUT2D eigenvalue weighted by Crippen LogP contribution is -2.37. The molecule has 0 aliphatic carbocycles. The summed E-state index contributed by atoms with van der Waals surface area (Å²) >= 11 is 5.84. The number of carbonyl (C=O) groups excluding carboxylic acids is 3. The summed E-state index contributed by atoms with van der Waals surface area (Å²) in [5, 5.41) is 3.12. The quantitative estimate of drug-likeness (QED) is 0.741. The Bertz CT molecular complexity index is 914. The fourth-order valence-electron chi connectivity index (χ4n) is 2.43. The fraction of sp³-hybridized carbons (Fsp3) is 0.250. The van der Waals surface area contributed by atoms with Crippen molar-refractivity contribution in [3.8, 4) is 5.75 Å². The zero-order valence-corrected chi connectivity index (χ0v) is 16.7. The van der Waals surface area contributed by atoms with E-state index in [4.69, 9.17) is 22.1 Å². The summed E-state index contributed by atoms with van der Waals surface area (Å²) in [5.74, 6) is -1.32. The molecule has 0 bridgehead atoms. The van der Waals surface area contributed by atoms with Gasteiger partial charge in [0.25, 0.3) is 11.8 Å². The number of hydrogen-bond donors (Lipinski definition) is 2. The third kappa shape index (κ3) is 5.72. The van der Waals surface area contributed by atoms with Crippen LogP contribution in [0, 0.1) is 13.8 Å². The Kier molecular flexibility index (Phi) is 7.00. The number of rotatable bonds is 7. The van der Waals surface area contributed by atoms with Gasteiger partial charge >= 0.3 is 0 Å². The Morgan fingerprint density at radius 2 is 1.86 bits per heavy atom. The van der Waals surface area contributed by atoms with Crippen molar-refractivity contribution < 1.29 is 19.1 Å². The number of hydrogen-bond acceptors (Lipinski definition) is 4. The summed E-state index contributed by atoms with van der Waals surface area (Å²) in [6.45, 7) is 3.33. The molecule has 2 aromatic rings. The number of benzene rings is 2. The SMILES string of the molecule is Cc1ccc(C)c(NC(=O)CN(C)C(=O)COc2ccc(Cl)cc2C(N)=O)c1. The van der Waals surface area contributed by atoms with Crippen LogP contribution in [-0.4, -0.2) is 42.8 Å². The van der Waals surface area contributed by atoms with Crippen molar-refractivity contribution in [3.63, 3.8) is 0 Å². The number of nitrogens with two attached hydrogens (primary N) is 1. The Morgan fingerprint density at radius 3 is 2.54 bits per heavy atom. The zero-order valence-electron chi connectivity index (χ0n) is 15.9. The van der Waals surface area contributed by atoms with Crippen LogP contribution in [0.4, 0.5) is 5.69 Å². The Labute approximate surface area is 168 Å². The molecule has 28 heavy (non-hydrogen) atoms. The van der Waals surface area contributed by atoms with E-state index in [0.29, 0.717) is 10.7 Å². The molecule has 3 amide bonds. The predicted octanol–water partition coefficient (Wildman–Crippen LogP) is 2.53. The second-order valence-electron chi connectivity index (χ2n) is 6.41. The predicted molar refractivity (Wildman–Crippen MR) is 108 cm³/mol. The molecule has 2 aromatic carbocycles. The van der Waals surface area contributed by atoms with Gasteiger partial charge in [-0.25, -0.2) is 0 Å². The van der Waals surface area contributed by atoms with E-state index in [1.165, 1.54) is 30.1 Å². The number of likely N-dealkylation sites (N-methyl/N-ethyl adjacent to an activating group) is 1. The highest BCUT2D eigenvalue weighted by molar-refractivity contribution is 6.31. The maximum Gasteiger partial charge on any atom is 0.260 e. The van der Waals surface area contributed by atoms with Crippen LogP contribution in [0.25, 0.3) is 0 Å². The highest BCUT2D eigenvalue weighted by atomic mass is 35.5. The molecule has 8 heteroatoms. The van der Waals surface area contributed by atoms with Gasteiger partial charge in [0.1, 0.15) is 5.75 Å². The monoisotopic (exact) mass is 403 g/mol. The van der Waals surface area contributed by atoms with Gasteiger partial charge in [0.05, 0.1) is 12.1 Å². The van der Waals surface area contributed by atoms with Gasteiger partial charge in [-0.05, 0) is 49.2 Å². The third-order valence-electron chi connectivity index (χ3n) is 4.03. The number of nitrogens with zero attached hydrogens (tertiary/aromatic N) is 1. The molecule has 0 aromatic heterocycles. The van der Waals surface area contributed by atoms with Gasteiger partial charge in [-0.1, -0.05) is 23.7 Å². The standard InChI is InChI=1S/C20H22ClN3O4/c1-12-4-5-13(2)16(8-12)23-18(25)10-24(3)19(26)11-28-17-7-6-14(21)9-15(17)20(22)27/h4-9H,10-11H2,1-3H3,(H2,22,27)(H,23,25). The topological polar surface area (TPSA) is 102 Å². The van der Waals surface area contributed by atoms with Gasteiger partial charge in [0.15, 0.2) is 6.61 Å². The van der Waals surface area contributed by atoms with Gasteiger partial charge in [0.2, 0.25) is 5.91 Å². The van der Waals surface area contributed by atoms with E-state index >= 15 is 0 Å². The number of ether oxygens (including phenoxy) is 1. The molecule has 0 atom stereocenters. The molecule has 0 saturated heterocycles. The Balaban J connectivity index is 1.93. The minimum absolute atomic E-state index is 0.0793. The van der Waals surface area contributed by atoms with E-state index in [-0.39, 0.29) is 30.4 Å². The highest BCUT2D eigenvalue weighted by Crippen LogP contribution is 2.22. The van der Waals surface area contributed by atoms with Crippen molar-refractivity contribution in [1.29, 1.82) is 0 Å². The number of nitrogens with one attached hydrogen (secondary N) is 1. The van der Waals surface area contributed by atoms with Gasteiger partial charge in [0, 0.05) is 17.8 Å². The molecule has 0 aliphatic rings. The van der Waals surface area contributed by atoms with Gasteiger partial charge in [-0.15, -0.1) is 0 Å². The molecule has 0 radical (unpaired) electrons. The van der Waals surface area contributed by atoms with Crippen LogP contribution in [0.5, 0.6) is 5.75 Å².